The van der Waals surface area contributed by atoms with Crippen LogP contribution < -0.4 is 0 Å². The van der Waals surface area contributed by atoms with E-state index in [2.05, 4.69) is 9.89 Å². The monoisotopic (exact) mass is 289 g/mol. The normalized spacial score (nSPS) is 11.6. The lowest BCUT2D eigenvalue weighted by Crippen LogP contribution is -2.07. The molecule has 20 heavy (non-hydrogen) atoms. The Balaban J connectivity index is 2.45. The Kier molecular flexibility index (Phi) is 6.02. The molecule has 1 rings (SSSR count). The van der Waals surface area contributed by atoms with Gasteiger partial charge >= 0.3 is 12.1 Å². The molecular formula is C13H14F3NO3. The Morgan fingerprint density at radius 3 is 2.80 bits per heavy atom. The third kappa shape index (κ3) is 5.73. The molecule has 0 unspecified atom stereocenters. The van der Waals surface area contributed by atoms with Crippen LogP contribution in [-0.4, -0.2) is 25.4 Å². The van der Waals surface area contributed by atoms with Crippen LogP contribution in [0, 0.1) is 0 Å². The summed E-state index contributed by atoms with van der Waals surface area (Å²) in [6, 6.07) is 4.67. The van der Waals surface area contributed by atoms with Crippen molar-refractivity contribution in [3.05, 3.63) is 35.4 Å². The summed E-state index contributed by atoms with van der Waals surface area (Å²) >= 11 is 0. The Hall–Kier alpha value is -2.05. The van der Waals surface area contributed by atoms with Crippen LogP contribution in [0.25, 0.3) is 0 Å². The lowest BCUT2D eigenvalue weighted by molar-refractivity contribution is -0.144. The summed E-state index contributed by atoms with van der Waals surface area (Å²) in [4.78, 5) is 15.7. The minimum Gasteiger partial charge on any atom is -0.466 e. The van der Waals surface area contributed by atoms with Gasteiger partial charge < -0.3 is 9.57 Å². The zero-order valence-corrected chi connectivity index (χ0v) is 10.8. The van der Waals surface area contributed by atoms with E-state index in [0.717, 1.165) is 18.3 Å². The fourth-order valence-electron chi connectivity index (χ4n) is 1.31. The Labute approximate surface area is 114 Å². The van der Waals surface area contributed by atoms with E-state index in [4.69, 9.17) is 4.84 Å². The Morgan fingerprint density at radius 1 is 1.40 bits per heavy atom. The largest absolute Gasteiger partial charge is 0.466 e. The maximum Gasteiger partial charge on any atom is 0.416 e. The molecule has 1 aromatic carbocycles. The first-order chi connectivity index (χ1) is 9.43. The molecule has 0 heterocycles. The zero-order chi connectivity index (χ0) is 15.0. The fourth-order valence-corrected chi connectivity index (χ4v) is 1.31. The van der Waals surface area contributed by atoms with E-state index in [1.165, 1.54) is 12.1 Å². The molecule has 0 aliphatic rings. The van der Waals surface area contributed by atoms with Crippen molar-refractivity contribution in [1.82, 2.24) is 0 Å². The van der Waals surface area contributed by atoms with Crippen molar-refractivity contribution in [3.8, 4) is 0 Å². The molecule has 7 heteroatoms. The van der Waals surface area contributed by atoms with E-state index in [1.807, 2.05) is 0 Å². The molecular weight excluding hydrogens is 275 g/mol. The fraction of sp³-hybridized carbons (Fsp3) is 0.385. The van der Waals surface area contributed by atoms with Crippen molar-refractivity contribution < 1.29 is 27.5 Å². The topological polar surface area (TPSA) is 47.9 Å². The van der Waals surface area contributed by atoms with Gasteiger partial charge in [0, 0.05) is 0 Å². The van der Waals surface area contributed by atoms with E-state index >= 15 is 0 Å². The molecule has 0 bridgehead atoms. The quantitative estimate of drug-likeness (QED) is 0.350. The van der Waals surface area contributed by atoms with Crippen LogP contribution in [-0.2, 0) is 20.5 Å². The number of nitrogens with zero attached hydrogens (tertiary/aromatic N) is 1. The molecule has 0 aliphatic heterocycles. The molecule has 1 aromatic rings. The average Bonchev–Trinajstić information content (AvgIpc) is 2.38. The predicted octanol–water partition coefficient (Wildman–Crippen LogP) is 3.01. The van der Waals surface area contributed by atoms with Crippen LogP contribution in [0.15, 0.2) is 29.4 Å². The third-order valence-electron chi connectivity index (χ3n) is 2.19. The van der Waals surface area contributed by atoms with E-state index in [-0.39, 0.29) is 25.2 Å². The van der Waals surface area contributed by atoms with Crippen LogP contribution >= 0.6 is 0 Å². The van der Waals surface area contributed by atoms with Gasteiger partial charge in [-0.25, -0.2) is 0 Å². The first-order valence-electron chi connectivity index (χ1n) is 5.91. The lowest BCUT2D eigenvalue weighted by atomic mass is 10.1. The van der Waals surface area contributed by atoms with Crippen molar-refractivity contribution in [2.45, 2.75) is 19.5 Å². The van der Waals surface area contributed by atoms with Gasteiger partial charge in [-0.1, -0.05) is 17.3 Å². The highest BCUT2D eigenvalue weighted by Gasteiger charge is 2.30. The average molecular weight is 289 g/mol. The molecule has 0 aliphatic carbocycles. The van der Waals surface area contributed by atoms with Crippen molar-refractivity contribution in [2.24, 2.45) is 5.16 Å². The Bertz CT molecular complexity index is 472. The molecule has 110 valence electrons. The molecule has 0 atom stereocenters. The second-order valence-corrected chi connectivity index (χ2v) is 3.75. The first kappa shape index (κ1) is 16.0. The van der Waals surface area contributed by atoms with Gasteiger partial charge in [0.25, 0.3) is 0 Å². The van der Waals surface area contributed by atoms with Crippen molar-refractivity contribution >= 4 is 12.2 Å². The van der Waals surface area contributed by atoms with Gasteiger partial charge in [0.2, 0.25) is 0 Å². The second-order valence-electron chi connectivity index (χ2n) is 3.75. The van der Waals surface area contributed by atoms with E-state index in [1.54, 1.807) is 6.92 Å². The van der Waals surface area contributed by atoms with Crippen molar-refractivity contribution in [2.75, 3.05) is 13.2 Å². The molecule has 0 saturated heterocycles. The molecule has 0 amide bonds. The molecule has 0 saturated carbocycles. The minimum absolute atomic E-state index is 0.00823. The summed E-state index contributed by atoms with van der Waals surface area (Å²) in [5, 5.41) is 3.50. The number of esters is 1. The van der Waals surface area contributed by atoms with E-state index in [0.29, 0.717) is 0 Å². The minimum atomic E-state index is -4.39. The smallest absolute Gasteiger partial charge is 0.416 e. The number of oxime groups is 1. The Morgan fingerprint density at radius 2 is 2.15 bits per heavy atom. The lowest BCUT2D eigenvalue weighted by Gasteiger charge is -2.06. The van der Waals surface area contributed by atoms with Gasteiger partial charge in [-0.15, -0.1) is 0 Å². The maximum atomic E-state index is 12.4. The number of hydrogen-bond donors (Lipinski definition) is 0. The molecule has 0 aromatic heterocycles. The predicted molar refractivity (Wildman–Crippen MR) is 66.2 cm³/mol. The summed E-state index contributed by atoms with van der Waals surface area (Å²) in [7, 11) is 0. The number of ether oxygens (including phenoxy) is 1. The van der Waals surface area contributed by atoms with Gasteiger partial charge in [-0.05, 0) is 24.6 Å². The van der Waals surface area contributed by atoms with Crippen molar-refractivity contribution in [3.63, 3.8) is 0 Å². The van der Waals surface area contributed by atoms with Gasteiger partial charge in [-0.3, -0.25) is 4.79 Å². The standard InChI is InChI=1S/C13H14F3NO3/c1-2-19-12(18)6-7-20-17-9-10-4-3-5-11(8-10)13(14,15)16/h3-5,8-9H,2,6-7H2,1H3/b17-9+. The third-order valence-corrected chi connectivity index (χ3v) is 2.19. The van der Waals surface area contributed by atoms with Crippen LogP contribution in [0.5, 0.6) is 0 Å². The number of rotatable bonds is 6. The number of benzene rings is 1. The summed E-state index contributed by atoms with van der Waals surface area (Å²) < 4.78 is 42.0. The van der Waals surface area contributed by atoms with Gasteiger partial charge in [0.05, 0.1) is 24.8 Å². The van der Waals surface area contributed by atoms with Crippen molar-refractivity contribution in [1.29, 1.82) is 0 Å². The number of alkyl halides is 3. The molecule has 0 radical (unpaired) electrons. The summed E-state index contributed by atoms with van der Waals surface area (Å²) in [5.41, 5.74) is -0.496. The van der Waals surface area contributed by atoms with Gasteiger partial charge in [-0.2, -0.15) is 13.2 Å². The summed E-state index contributed by atoms with van der Waals surface area (Å²) in [6.07, 6.45) is -3.21. The van der Waals surface area contributed by atoms with Gasteiger partial charge in [0.15, 0.2) is 0 Å². The molecule has 0 spiro atoms. The maximum absolute atomic E-state index is 12.4. The second kappa shape index (κ2) is 7.52. The van der Waals surface area contributed by atoms with Crippen LogP contribution in [0.3, 0.4) is 0 Å². The SMILES string of the molecule is CCOC(=O)CCO/N=C/c1cccc(C(F)(F)F)c1. The molecule has 4 nitrogen and oxygen atoms in total. The van der Waals surface area contributed by atoms with Gasteiger partial charge in [0.1, 0.15) is 6.61 Å². The summed E-state index contributed by atoms with van der Waals surface area (Å²) in [6.45, 7) is 1.98. The van der Waals surface area contributed by atoms with Crippen LogP contribution in [0.2, 0.25) is 0 Å². The number of carbonyl (C=O) groups is 1. The van der Waals surface area contributed by atoms with E-state index < -0.39 is 17.7 Å². The highest BCUT2D eigenvalue weighted by Crippen LogP contribution is 2.29. The molecule has 0 N–H and O–H groups in total. The van der Waals surface area contributed by atoms with E-state index in [9.17, 15) is 18.0 Å². The number of hydrogen-bond acceptors (Lipinski definition) is 4. The van der Waals surface area contributed by atoms with Crippen LogP contribution in [0.4, 0.5) is 13.2 Å². The number of halogens is 3. The summed E-state index contributed by atoms with van der Waals surface area (Å²) in [5.74, 6) is -0.415. The molecule has 0 fully saturated rings. The highest BCUT2D eigenvalue weighted by molar-refractivity contribution is 5.79. The van der Waals surface area contributed by atoms with Crippen LogP contribution in [0.1, 0.15) is 24.5 Å². The first-order valence-corrected chi connectivity index (χ1v) is 5.91. The zero-order valence-electron chi connectivity index (χ0n) is 10.8. The number of carbonyl (C=O) groups excluding carboxylic acids is 1. The highest BCUT2D eigenvalue weighted by atomic mass is 19.4.